The maximum atomic E-state index is 10.5. The van der Waals surface area contributed by atoms with Gasteiger partial charge in [-0.1, -0.05) is 224 Å². The molecule has 0 atom stereocenters. The number of pyridine rings is 2. The number of rotatable bonds is 6. The van der Waals surface area contributed by atoms with Crippen LogP contribution in [0.15, 0.2) is 242 Å². The summed E-state index contributed by atoms with van der Waals surface area (Å²) in [6.07, 6.45) is 1.67. The van der Waals surface area contributed by atoms with Gasteiger partial charge >= 0.3 is 0 Å². The summed E-state index contributed by atoms with van der Waals surface area (Å²) < 4.78 is 236. The molecule has 0 bridgehead atoms. The lowest BCUT2D eigenvalue weighted by molar-refractivity contribution is 1.37. The third kappa shape index (κ3) is 6.32. The molecule has 0 aliphatic carbocycles. The number of benzene rings is 11. The first kappa shape index (κ1) is 21.9. The van der Waals surface area contributed by atoms with E-state index in [9.17, 15) is 24.7 Å². The van der Waals surface area contributed by atoms with Gasteiger partial charge in [-0.25, -0.2) is 4.98 Å². The van der Waals surface area contributed by atoms with Gasteiger partial charge in [-0.3, -0.25) is 4.98 Å². The number of hydrogen-bond donors (Lipinski definition) is 0. The highest BCUT2D eigenvalue weighted by atomic mass is 32.1. The van der Waals surface area contributed by atoms with Gasteiger partial charge in [0.25, 0.3) is 0 Å². The maximum Gasteiger partial charge on any atom is 0.0972 e. The molecule has 3 heterocycles. The molecule has 0 aliphatic rings. The van der Waals surface area contributed by atoms with E-state index >= 15 is 0 Å². The molecular weight excluding hydrogens is 853 g/mol. The Hall–Kier alpha value is -8.76. The summed E-state index contributed by atoms with van der Waals surface area (Å²) in [7, 11) is 0. The lowest BCUT2D eigenvalue weighted by Gasteiger charge is -2.17. The van der Waals surface area contributed by atoms with Gasteiger partial charge in [0, 0.05) is 54.5 Å². The molecular formula is C66H40N2S. The highest BCUT2D eigenvalue weighted by molar-refractivity contribution is 7.20. The van der Waals surface area contributed by atoms with Crippen LogP contribution in [-0.2, 0) is 0 Å². The zero-order chi connectivity index (χ0) is 67.2. The fourth-order valence-electron chi connectivity index (χ4n) is 9.28. The van der Waals surface area contributed by atoms with E-state index in [4.69, 9.17) is 14.6 Å². The number of thiophene rings is 1. The average molecular weight is 918 g/mol. The summed E-state index contributed by atoms with van der Waals surface area (Å²) in [5.74, 6) is 0. The molecule has 0 N–H and O–H groups in total. The molecule has 0 saturated heterocycles. The second-order valence-corrected chi connectivity index (χ2v) is 17.0. The molecule has 14 rings (SSSR count). The van der Waals surface area contributed by atoms with Crippen molar-refractivity contribution in [3.8, 4) is 65.5 Å². The van der Waals surface area contributed by atoms with Crippen LogP contribution in [0, 0.1) is 0 Å². The Bertz CT molecular complexity index is 5870. The zero-order valence-electron chi connectivity index (χ0n) is 60.5. The smallest absolute Gasteiger partial charge is 0.0972 e. The summed E-state index contributed by atoms with van der Waals surface area (Å²) in [5, 5.41) is -1.34. The van der Waals surface area contributed by atoms with Crippen LogP contribution >= 0.6 is 11.3 Å². The molecule has 3 heteroatoms. The van der Waals surface area contributed by atoms with E-state index in [1.54, 1.807) is 42.6 Å². The Morgan fingerprint density at radius 3 is 1.64 bits per heavy atom. The lowest BCUT2D eigenvalue weighted by atomic mass is 9.85. The van der Waals surface area contributed by atoms with E-state index in [0.29, 0.717) is 44.4 Å². The molecule has 3 aromatic heterocycles. The number of aromatic nitrogens is 2. The molecule has 0 saturated carbocycles. The zero-order valence-corrected chi connectivity index (χ0v) is 36.3. The molecule has 320 valence electrons. The second-order valence-electron chi connectivity index (χ2n) is 16.0. The molecule has 0 unspecified atom stereocenters. The van der Waals surface area contributed by atoms with E-state index in [2.05, 4.69) is 4.98 Å². The Morgan fingerprint density at radius 1 is 0.304 bits per heavy atom. The molecule has 14 aromatic rings. The van der Waals surface area contributed by atoms with Crippen molar-refractivity contribution in [2.45, 2.75) is 0 Å². The Labute approximate surface area is 438 Å². The van der Waals surface area contributed by atoms with E-state index in [1.807, 2.05) is 36.4 Å². The summed E-state index contributed by atoms with van der Waals surface area (Å²) in [6.45, 7) is 0. The van der Waals surface area contributed by atoms with Gasteiger partial charge < -0.3 is 0 Å². The van der Waals surface area contributed by atoms with Crippen molar-refractivity contribution < 1.29 is 34.3 Å². The largest absolute Gasteiger partial charge is 0.254 e. The van der Waals surface area contributed by atoms with Crippen molar-refractivity contribution in [3.63, 3.8) is 0 Å². The topological polar surface area (TPSA) is 25.8 Å². The Morgan fingerprint density at radius 2 is 0.855 bits per heavy atom. The van der Waals surface area contributed by atoms with Crippen LogP contribution in [0.5, 0.6) is 0 Å². The number of nitrogens with zero attached hydrogens (tertiary/aromatic N) is 2. The Kier molecular flexibility index (Phi) is 5.06. The van der Waals surface area contributed by atoms with Gasteiger partial charge in [0.2, 0.25) is 0 Å². The van der Waals surface area contributed by atoms with Crippen LogP contribution in [0.4, 0.5) is 0 Å². The third-order valence-electron chi connectivity index (χ3n) is 12.3. The van der Waals surface area contributed by atoms with E-state index in [0.717, 1.165) is 22.9 Å². The van der Waals surface area contributed by atoms with Crippen LogP contribution in [0.1, 0.15) is 34.3 Å². The van der Waals surface area contributed by atoms with Gasteiger partial charge in [-0.15, -0.1) is 11.3 Å². The summed E-state index contributed by atoms with van der Waals surface area (Å²) in [5.41, 5.74) is -1.11. The van der Waals surface area contributed by atoms with Gasteiger partial charge in [0.05, 0.1) is 51.0 Å². The van der Waals surface area contributed by atoms with Crippen molar-refractivity contribution in [1.29, 1.82) is 0 Å². The molecule has 0 amide bonds. The number of hydrogen-bond acceptors (Lipinski definition) is 3. The minimum atomic E-state index is -0.940. The van der Waals surface area contributed by atoms with Crippen LogP contribution in [-0.4, -0.2) is 9.97 Å². The van der Waals surface area contributed by atoms with Crippen molar-refractivity contribution >= 4 is 87.0 Å². The molecule has 11 aromatic carbocycles. The van der Waals surface area contributed by atoms with E-state index < -0.39 is 232 Å². The first-order valence-corrected chi connectivity index (χ1v) is 22.3. The standard InChI is InChI=1S/C66H40N2S/c1-4-22-46-41(15-1)18-11-29-56(46)61-62(57-30-12-19-42-16-2-5-23-47(42)57)66(69-65(61)58-31-13-20-43-17-3-6-24-48(43)58)59-38-36-54(50-26-8-10-28-52(50)59)53-35-37-55(51-27-9-7-25-49(51)53)60-39-34-45-33-32-44-21-14-40-67-63(44)64(45)68-60/h1-40H/i1D,2D,3D,5D,6D,8D,10D,11D,12D,13D,15D,16D,17D,18D,19D,20D,22D,24D,26D,28D,29D,30D,31D,36D,38D. The third-order valence-corrected chi connectivity index (χ3v) is 13.6. The normalized spacial score (nSPS) is 16.8. The van der Waals surface area contributed by atoms with Gasteiger partial charge in [-0.05, 0) is 88.2 Å². The predicted octanol–water partition coefficient (Wildman–Crippen LogP) is 18.6. The maximum absolute atomic E-state index is 10.5. The molecule has 69 heavy (non-hydrogen) atoms. The average Bonchev–Trinajstić information content (AvgIpc) is 1.42. The van der Waals surface area contributed by atoms with E-state index in [-0.39, 0.29) is 16.5 Å². The lowest BCUT2D eigenvalue weighted by Crippen LogP contribution is -1.92. The van der Waals surface area contributed by atoms with E-state index in [1.165, 1.54) is 0 Å². The van der Waals surface area contributed by atoms with Gasteiger partial charge in [-0.2, -0.15) is 0 Å². The van der Waals surface area contributed by atoms with Crippen molar-refractivity contribution in [2.75, 3.05) is 0 Å². The molecule has 2 nitrogen and oxygen atoms in total. The SMILES string of the molecule is [2H]c1cc2c(-c3c(-c4c([2H])c([2H])c(-c5ccc(-c6ccc7ccc8cccnc8c7n6)c6ccccc56)c5c([2H])c([2H])c([2H])c([2H])c45)sc(-c4c([2H])c([2H])c([2H])c5c([2H])c([2H])c([2H])c([2H])c45)c3-c3c([2H])c([2H])c([2H])c4c([2H])c([2H])cc([2H])c34)c([2H])c([2H])c([2H])c2c([2H])c1[2H]. The summed E-state index contributed by atoms with van der Waals surface area (Å²) in [6, 6.07) is 3.36. The summed E-state index contributed by atoms with van der Waals surface area (Å²) in [4.78, 5) is 8.77. The van der Waals surface area contributed by atoms with Crippen LogP contribution < -0.4 is 0 Å². The molecule has 0 radical (unpaired) electrons. The van der Waals surface area contributed by atoms with Gasteiger partial charge in [0.15, 0.2) is 0 Å². The summed E-state index contributed by atoms with van der Waals surface area (Å²) >= 11 is 0.454. The quantitative estimate of drug-likeness (QED) is 0.155. The van der Waals surface area contributed by atoms with Gasteiger partial charge in [0.1, 0.15) is 0 Å². The van der Waals surface area contributed by atoms with Crippen molar-refractivity contribution in [1.82, 2.24) is 9.97 Å². The van der Waals surface area contributed by atoms with Crippen molar-refractivity contribution in [2.24, 2.45) is 0 Å². The van der Waals surface area contributed by atoms with Crippen molar-refractivity contribution in [3.05, 3.63) is 242 Å². The predicted molar refractivity (Wildman–Crippen MR) is 295 cm³/mol. The molecule has 0 spiro atoms. The monoisotopic (exact) mass is 917 g/mol. The highest BCUT2D eigenvalue weighted by Crippen LogP contribution is 2.56. The first-order valence-electron chi connectivity index (χ1n) is 34.0. The minimum Gasteiger partial charge on any atom is -0.254 e. The first-order chi connectivity index (χ1) is 44.6. The fourth-order valence-corrected chi connectivity index (χ4v) is 10.6. The fraction of sp³-hybridized carbons (Fsp3) is 0. The van der Waals surface area contributed by atoms with Crippen LogP contribution in [0.25, 0.3) is 141 Å². The molecule has 0 aliphatic heterocycles. The Balaban J connectivity index is 1.24. The second kappa shape index (κ2) is 16.0. The minimum absolute atomic E-state index is 0.185. The molecule has 0 fully saturated rings. The highest BCUT2D eigenvalue weighted by Gasteiger charge is 2.28. The van der Waals surface area contributed by atoms with Crippen LogP contribution in [0.3, 0.4) is 0 Å². The number of fused-ring (bicyclic) bond motifs is 8. The van der Waals surface area contributed by atoms with Crippen LogP contribution in [0.2, 0.25) is 0 Å².